The van der Waals surface area contributed by atoms with Gasteiger partial charge in [-0.1, -0.05) is 12.1 Å². The van der Waals surface area contributed by atoms with Gasteiger partial charge in [0.25, 0.3) is 5.91 Å². The molecule has 2 N–H and O–H groups in total. The molecule has 0 spiro atoms. The van der Waals surface area contributed by atoms with Crippen LogP contribution in [0.1, 0.15) is 39.8 Å². The number of alkyl halides is 1. The minimum Gasteiger partial charge on any atom is -0.378 e. The van der Waals surface area contributed by atoms with Gasteiger partial charge in [0, 0.05) is 37.5 Å². The van der Waals surface area contributed by atoms with E-state index in [1.54, 1.807) is 67.4 Å². The lowest BCUT2D eigenvalue weighted by Gasteiger charge is -2.27. The van der Waals surface area contributed by atoms with Crippen LogP contribution >= 0.6 is 0 Å². The number of halogens is 2. The molecule has 36 heavy (non-hydrogen) atoms. The minimum atomic E-state index is -1.13. The van der Waals surface area contributed by atoms with E-state index in [1.165, 1.54) is 6.07 Å². The van der Waals surface area contributed by atoms with Gasteiger partial charge in [-0.2, -0.15) is 5.10 Å². The summed E-state index contributed by atoms with van der Waals surface area (Å²) in [6.07, 6.45) is 2.66. The first kappa shape index (κ1) is 23.8. The summed E-state index contributed by atoms with van der Waals surface area (Å²) >= 11 is 0. The molecular formula is C26H26F2N6O2. The summed E-state index contributed by atoms with van der Waals surface area (Å²) in [5, 5.41) is 11.0. The number of carbonyl (C=O) groups excluding carboxylic acids is 1. The van der Waals surface area contributed by atoms with Gasteiger partial charge < -0.3 is 15.4 Å². The Kier molecular flexibility index (Phi) is 6.60. The van der Waals surface area contributed by atoms with Gasteiger partial charge in [0.2, 0.25) is 0 Å². The summed E-state index contributed by atoms with van der Waals surface area (Å²) in [6, 6.07) is 10.7. The molecule has 0 radical (unpaired) electrons. The molecule has 1 aromatic carbocycles. The summed E-state index contributed by atoms with van der Waals surface area (Å²) in [5.41, 5.74) is 2.53. The van der Waals surface area contributed by atoms with E-state index in [4.69, 9.17) is 4.74 Å². The Hall–Kier alpha value is -3.92. The highest BCUT2D eigenvalue weighted by Gasteiger charge is 2.26. The van der Waals surface area contributed by atoms with Gasteiger partial charge in [-0.15, -0.1) is 0 Å². The summed E-state index contributed by atoms with van der Waals surface area (Å²) in [6.45, 7) is 2.22. The standard InChI is InChI=1S/C26H26F2N6O2/c1-15-3-4-16(11-18(15)27)25(23-7-9-30-34(23)2)33-26(35)21-6-5-17-13-29-24(12-22(17)31-21)32-20-8-10-36-14-19(20)28/h3-7,9,11-13,19-20,25H,8,10,14H2,1-2H3,(H,29,32)(H,33,35)/t19-,20-,25-/m0/s1. The number of benzene rings is 1. The molecule has 10 heteroatoms. The second kappa shape index (κ2) is 9.98. The van der Waals surface area contributed by atoms with Gasteiger partial charge >= 0.3 is 0 Å². The number of nitrogens with one attached hydrogen (secondary N) is 2. The number of pyridine rings is 2. The Labute approximate surface area is 206 Å². The van der Waals surface area contributed by atoms with Gasteiger partial charge in [-0.3, -0.25) is 9.48 Å². The van der Waals surface area contributed by atoms with Crippen molar-refractivity contribution in [3.63, 3.8) is 0 Å². The van der Waals surface area contributed by atoms with Gasteiger partial charge in [0.15, 0.2) is 0 Å². The largest absolute Gasteiger partial charge is 0.378 e. The first-order chi connectivity index (χ1) is 17.4. The highest BCUT2D eigenvalue weighted by atomic mass is 19.1. The molecule has 4 aromatic rings. The lowest BCUT2D eigenvalue weighted by atomic mass is 10.0. The number of nitrogens with zero attached hydrogens (tertiary/aromatic N) is 4. The molecule has 1 aliphatic heterocycles. The van der Waals surface area contributed by atoms with Crippen molar-refractivity contribution in [1.29, 1.82) is 0 Å². The van der Waals surface area contributed by atoms with Crippen molar-refractivity contribution in [2.24, 2.45) is 7.05 Å². The fourth-order valence-electron chi connectivity index (χ4n) is 4.27. The van der Waals surface area contributed by atoms with Crippen molar-refractivity contribution in [3.8, 4) is 0 Å². The molecule has 1 saturated heterocycles. The van der Waals surface area contributed by atoms with E-state index in [0.29, 0.717) is 41.2 Å². The van der Waals surface area contributed by atoms with Crippen molar-refractivity contribution in [2.75, 3.05) is 18.5 Å². The molecule has 186 valence electrons. The normalized spacial score (nSPS) is 18.7. The van der Waals surface area contributed by atoms with Gasteiger partial charge in [0.1, 0.15) is 23.5 Å². The van der Waals surface area contributed by atoms with E-state index in [2.05, 4.69) is 25.7 Å². The summed E-state index contributed by atoms with van der Waals surface area (Å²) in [7, 11) is 1.76. The van der Waals surface area contributed by atoms with Crippen LogP contribution in [0.15, 0.2) is 54.9 Å². The van der Waals surface area contributed by atoms with Crippen molar-refractivity contribution in [2.45, 2.75) is 31.6 Å². The first-order valence-electron chi connectivity index (χ1n) is 11.7. The third-order valence-electron chi connectivity index (χ3n) is 6.39. The SMILES string of the molecule is Cc1ccc([C@H](NC(=O)c2ccc3cnc(N[C@H]4CCOC[C@@H]4F)cc3n2)c2ccnn2C)cc1F. The molecule has 0 saturated carbocycles. The minimum absolute atomic E-state index is 0.0521. The van der Waals surface area contributed by atoms with E-state index in [-0.39, 0.29) is 18.1 Å². The zero-order valence-electron chi connectivity index (χ0n) is 19.9. The van der Waals surface area contributed by atoms with Crippen LogP contribution in [-0.4, -0.2) is 51.1 Å². The smallest absolute Gasteiger partial charge is 0.270 e. The van der Waals surface area contributed by atoms with E-state index < -0.39 is 24.2 Å². The van der Waals surface area contributed by atoms with Crippen LogP contribution in [0.5, 0.6) is 0 Å². The fraction of sp³-hybridized carbons (Fsp3) is 0.308. The Balaban J connectivity index is 1.42. The topological polar surface area (TPSA) is 94.0 Å². The maximum atomic E-state index is 14.4. The number of anilines is 1. The molecule has 4 heterocycles. The van der Waals surface area contributed by atoms with E-state index in [0.717, 1.165) is 5.39 Å². The molecule has 3 aromatic heterocycles. The maximum absolute atomic E-state index is 14.4. The van der Waals surface area contributed by atoms with Crippen LogP contribution in [0.3, 0.4) is 0 Å². The molecule has 5 rings (SSSR count). The van der Waals surface area contributed by atoms with Gasteiger partial charge in [-0.05, 0) is 48.7 Å². The van der Waals surface area contributed by atoms with Crippen molar-refractivity contribution in [1.82, 2.24) is 25.1 Å². The number of hydrogen-bond acceptors (Lipinski definition) is 6. The number of amides is 1. The first-order valence-corrected chi connectivity index (χ1v) is 11.7. The average molecular weight is 493 g/mol. The number of aryl methyl sites for hydroxylation is 2. The summed E-state index contributed by atoms with van der Waals surface area (Å²) in [5.74, 6) is -0.307. The number of fused-ring (bicyclic) bond motifs is 1. The van der Waals surface area contributed by atoms with Crippen molar-refractivity contribution < 1.29 is 18.3 Å². The molecule has 0 unspecified atom stereocenters. The number of hydrogen-bond donors (Lipinski definition) is 2. The van der Waals surface area contributed by atoms with Crippen molar-refractivity contribution in [3.05, 3.63) is 83.2 Å². The van der Waals surface area contributed by atoms with Crippen LogP contribution < -0.4 is 10.6 Å². The lowest BCUT2D eigenvalue weighted by Crippen LogP contribution is -2.39. The Morgan fingerprint density at radius 2 is 2.08 bits per heavy atom. The molecule has 1 fully saturated rings. The van der Waals surface area contributed by atoms with Crippen LogP contribution in [0.2, 0.25) is 0 Å². The monoisotopic (exact) mass is 492 g/mol. The number of carbonyl (C=O) groups is 1. The third kappa shape index (κ3) is 4.90. The molecular weight excluding hydrogens is 466 g/mol. The molecule has 0 bridgehead atoms. The maximum Gasteiger partial charge on any atom is 0.270 e. The second-order valence-electron chi connectivity index (χ2n) is 8.88. The predicted octanol–water partition coefficient (Wildman–Crippen LogP) is 3.87. The molecule has 1 aliphatic rings. The number of ether oxygens (including phenoxy) is 1. The average Bonchev–Trinajstić information content (AvgIpc) is 3.30. The van der Waals surface area contributed by atoms with Gasteiger partial charge in [0.05, 0.1) is 29.9 Å². The zero-order chi connectivity index (χ0) is 25.2. The summed E-state index contributed by atoms with van der Waals surface area (Å²) < 4.78 is 35.3. The zero-order valence-corrected chi connectivity index (χ0v) is 19.9. The van der Waals surface area contributed by atoms with E-state index >= 15 is 0 Å². The Morgan fingerprint density at radius 1 is 1.22 bits per heavy atom. The van der Waals surface area contributed by atoms with E-state index in [1.807, 2.05) is 0 Å². The molecule has 0 aliphatic carbocycles. The van der Waals surface area contributed by atoms with Crippen LogP contribution in [0.25, 0.3) is 10.9 Å². The van der Waals surface area contributed by atoms with Crippen LogP contribution in [0.4, 0.5) is 14.6 Å². The predicted molar refractivity (Wildman–Crippen MR) is 131 cm³/mol. The van der Waals surface area contributed by atoms with Gasteiger partial charge in [-0.25, -0.2) is 18.7 Å². The molecule has 3 atom stereocenters. The van der Waals surface area contributed by atoms with E-state index in [9.17, 15) is 13.6 Å². The van der Waals surface area contributed by atoms with Crippen LogP contribution in [-0.2, 0) is 11.8 Å². The second-order valence-corrected chi connectivity index (χ2v) is 8.88. The highest BCUT2D eigenvalue weighted by molar-refractivity contribution is 5.95. The third-order valence-corrected chi connectivity index (χ3v) is 6.39. The lowest BCUT2D eigenvalue weighted by molar-refractivity contribution is 0.0285. The Bertz CT molecular complexity index is 1410. The number of rotatable bonds is 6. The highest BCUT2D eigenvalue weighted by Crippen LogP contribution is 2.25. The fourth-order valence-corrected chi connectivity index (χ4v) is 4.27. The quantitative estimate of drug-likeness (QED) is 0.425. The number of aromatic nitrogens is 4. The van der Waals surface area contributed by atoms with Crippen molar-refractivity contribution >= 4 is 22.6 Å². The molecule has 1 amide bonds. The molecule has 8 nitrogen and oxygen atoms in total. The summed E-state index contributed by atoms with van der Waals surface area (Å²) in [4.78, 5) is 22.2. The Morgan fingerprint density at radius 3 is 2.83 bits per heavy atom. The van der Waals surface area contributed by atoms with Crippen LogP contribution in [0, 0.1) is 12.7 Å².